The van der Waals surface area contributed by atoms with E-state index in [1.165, 1.54) is 6.92 Å². The molecule has 0 aliphatic carbocycles. The summed E-state index contributed by atoms with van der Waals surface area (Å²) in [5.41, 5.74) is 0. The molecule has 0 aliphatic rings. The largest absolute Gasteiger partial charge is 0.340 e. The van der Waals surface area contributed by atoms with Crippen molar-refractivity contribution in [2.75, 3.05) is 46.0 Å². The number of sulfonamides is 1. The van der Waals surface area contributed by atoms with Crippen molar-refractivity contribution in [1.82, 2.24) is 14.5 Å². The third-order valence-electron chi connectivity index (χ3n) is 2.44. The second kappa shape index (κ2) is 8.44. The van der Waals surface area contributed by atoms with Crippen molar-refractivity contribution in [3.05, 3.63) is 0 Å². The molecule has 0 heterocycles. The predicted molar refractivity (Wildman–Crippen MR) is 72.9 cm³/mol. The SMILES string of the molecule is CCCS(=O)(=O)NCCN(CCN(C)C)C(C)=O. The standard InChI is InChI=1S/C11H25N3O3S/c1-5-10-18(16,17)12-6-7-14(11(2)15)9-8-13(3)4/h12H,5-10H2,1-4H3. The molecule has 0 atom stereocenters. The molecule has 0 bridgehead atoms. The van der Waals surface area contributed by atoms with Gasteiger partial charge in [0, 0.05) is 33.1 Å². The first kappa shape index (κ1) is 17.3. The summed E-state index contributed by atoms with van der Waals surface area (Å²) in [5, 5.41) is 0. The molecule has 18 heavy (non-hydrogen) atoms. The lowest BCUT2D eigenvalue weighted by atomic mass is 10.4. The van der Waals surface area contributed by atoms with Crippen molar-refractivity contribution in [1.29, 1.82) is 0 Å². The normalized spacial score (nSPS) is 11.8. The van der Waals surface area contributed by atoms with Gasteiger partial charge in [0.25, 0.3) is 0 Å². The Labute approximate surface area is 110 Å². The first-order valence-electron chi connectivity index (χ1n) is 6.16. The number of nitrogens with zero attached hydrogens (tertiary/aromatic N) is 2. The van der Waals surface area contributed by atoms with Crippen LogP contribution in [0.1, 0.15) is 20.3 Å². The summed E-state index contributed by atoms with van der Waals surface area (Å²) < 4.78 is 25.3. The van der Waals surface area contributed by atoms with Gasteiger partial charge in [-0.3, -0.25) is 4.79 Å². The van der Waals surface area contributed by atoms with Gasteiger partial charge in [0.2, 0.25) is 15.9 Å². The highest BCUT2D eigenvalue weighted by atomic mass is 32.2. The van der Waals surface area contributed by atoms with E-state index >= 15 is 0 Å². The van der Waals surface area contributed by atoms with Gasteiger partial charge in [0.1, 0.15) is 0 Å². The van der Waals surface area contributed by atoms with E-state index < -0.39 is 10.0 Å². The van der Waals surface area contributed by atoms with Gasteiger partial charge in [-0.25, -0.2) is 13.1 Å². The lowest BCUT2D eigenvalue weighted by Gasteiger charge is -2.23. The highest BCUT2D eigenvalue weighted by Gasteiger charge is 2.11. The van der Waals surface area contributed by atoms with Gasteiger partial charge >= 0.3 is 0 Å². The van der Waals surface area contributed by atoms with Gasteiger partial charge in [-0.15, -0.1) is 0 Å². The van der Waals surface area contributed by atoms with Gasteiger partial charge in [-0.2, -0.15) is 0 Å². The Morgan fingerprint density at radius 3 is 2.22 bits per heavy atom. The average Bonchev–Trinajstić information content (AvgIpc) is 2.21. The van der Waals surface area contributed by atoms with Crippen LogP contribution in [0, 0.1) is 0 Å². The Morgan fingerprint density at radius 2 is 1.78 bits per heavy atom. The molecule has 0 aliphatic heterocycles. The minimum Gasteiger partial charge on any atom is -0.340 e. The molecule has 1 amide bonds. The van der Waals surface area contributed by atoms with E-state index in [4.69, 9.17) is 0 Å². The van der Waals surface area contributed by atoms with Crippen LogP contribution in [0.3, 0.4) is 0 Å². The fourth-order valence-corrected chi connectivity index (χ4v) is 2.51. The molecule has 7 heteroatoms. The Hall–Kier alpha value is -0.660. The Morgan fingerprint density at radius 1 is 1.17 bits per heavy atom. The summed E-state index contributed by atoms with van der Waals surface area (Å²) in [5.74, 6) is 0.0941. The van der Waals surface area contributed by atoms with Crippen molar-refractivity contribution >= 4 is 15.9 Å². The molecular weight excluding hydrogens is 254 g/mol. The summed E-state index contributed by atoms with van der Waals surface area (Å²) >= 11 is 0. The quantitative estimate of drug-likeness (QED) is 0.630. The zero-order chi connectivity index (χ0) is 14.2. The molecule has 0 saturated heterocycles. The van der Waals surface area contributed by atoms with Crippen molar-refractivity contribution in [2.24, 2.45) is 0 Å². The van der Waals surface area contributed by atoms with E-state index in [1.54, 1.807) is 4.90 Å². The third-order valence-corrected chi connectivity index (χ3v) is 4.03. The minimum absolute atomic E-state index is 0.0356. The van der Waals surface area contributed by atoms with Crippen LogP contribution in [0.25, 0.3) is 0 Å². The molecule has 0 fully saturated rings. The van der Waals surface area contributed by atoms with Gasteiger partial charge in [-0.05, 0) is 20.5 Å². The molecule has 0 spiro atoms. The van der Waals surface area contributed by atoms with Crippen LogP contribution in [-0.2, 0) is 14.8 Å². The number of hydrogen-bond donors (Lipinski definition) is 1. The zero-order valence-corrected chi connectivity index (χ0v) is 12.6. The van der Waals surface area contributed by atoms with E-state index in [2.05, 4.69) is 4.72 Å². The first-order chi connectivity index (χ1) is 8.28. The van der Waals surface area contributed by atoms with Gasteiger partial charge in [0.15, 0.2) is 0 Å². The summed E-state index contributed by atoms with van der Waals surface area (Å²) in [6.45, 7) is 5.37. The van der Waals surface area contributed by atoms with Gasteiger partial charge < -0.3 is 9.80 Å². The second-order valence-corrected chi connectivity index (χ2v) is 6.45. The summed E-state index contributed by atoms with van der Waals surface area (Å²) in [6.07, 6.45) is 0.590. The maximum Gasteiger partial charge on any atom is 0.219 e. The smallest absolute Gasteiger partial charge is 0.219 e. The average molecular weight is 279 g/mol. The van der Waals surface area contributed by atoms with E-state index in [0.29, 0.717) is 19.5 Å². The highest BCUT2D eigenvalue weighted by molar-refractivity contribution is 7.89. The van der Waals surface area contributed by atoms with Crippen molar-refractivity contribution in [3.8, 4) is 0 Å². The van der Waals surface area contributed by atoms with Crippen LogP contribution >= 0.6 is 0 Å². The molecule has 0 radical (unpaired) electrons. The van der Waals surface area contributed by atoms with Crippen LogP contribution in [0.4, 0.5) is 0 Å². The fraction of sp³-hybridized carbons (Fsp3) is 0.909. The Kier molecular flexibility index (Phi) is 8.13. The minimum atomic E-state index is -3.18. The summed E-state index contributed by atoms with van der Waals surface area (Å²) in [7, 11) is 0.683. The first-order valence-corrected chi connectivity index (χ1v) is 7.81. The molecule has 0 aromatic carbocycles. The molecule has 0 rings (SSSR count). The topological polar surface area (TPSA) is 69.7 Å². The Bertz CT molecular complexity index is 341. The van der Waals surface area contributed by atoms with Crippen LogP contribution < -0.4 is 4.72 Å². The van der Waals surface area contributed by atoms with Crippen LogP contribution in [0.5, 0.6) is 0 Å². The molecule has 0 aromatic rings. The molecule has 0 unspecified atom stereocenters. The third kappa shape index (κ3) is 8.43. The summed E-state index contributed by atoms with van der Waals surface area (Å²) in [6, 6.07) is 0. The van der Waals surface area contributed by atoms with E-state index in [9.17, 15) is 13.2 Å². The van der Waals surface area contributed by atoms with Crippen LogP contribution in [-0.4, -0.2) is 70.2 Å². The monoisotopic (exact) mass is 279 g/mol. The fourth-order valence-electron chi connectivity index (χ4n) is 1.42. The van der Waals surface area contributed by atoms with Crippen molar-refractivity contribution < 1.29 is 13.2 Å². The molecule has 1 N–H and O–H groups in total. The van der Waals surface area contributed by atoms with E-state index in [1.807, 2.05) is 25.9 Å². The maximum absolute atomic E-state index is 11.4. The number of hydrogen-bond acceptors (Lipinski definition) is 4. The van der Waals surface area contributed by atoms with Crippen molar-refractivity contribution in [3.63, 3.8) is 0 Å². The molecule has 0 saturated carbocycles. The number of rotatable bonds is 9. The second-order valence-electron chi connectivity index (χ2n) is 4.52. The zero-order valence-electron chi connectivity index (χ0n) is 11.8. The highest BCUT2D eigenvalue weighted by Crippen LogP contribution is 1.92. The number of carbonyl (C=O) groups excluding carboxylic acids is 1. The molecular formula is C11H25N3O3S. The number of carbonyl (C=O) groups is 1. The van der Waals surface area contributed by atoms with Gasteiger partial charge in [0.05, 0.1) is 5.75 Å². The molecule has 108 valence electrons. The lowest BCUT2D eigenvalue weighted by molar-refractivity contribution is -0.128. The van der Waals surface area contributed by atoms with E-state index in [-0.39, 0.29) is 18.2 Å². The van der Waals surface area contributed by atoms with Gasteiger partial charge in [-0.1, -0.05) is 6.92 Å². The predicted octanol–water partition coefficient (Wildman–Crippen LogP) is -0.274. The van der Waals surface area contributed by atoms with Crippen molar-refractivity contribution in [2.45, 2.75) is 20.3 Å². The number of nitrogens with one attached hydrogen (secondary N) is 1. The van der Waals surface area contributed by atoms with E-state index in [0.717, 1.165) is 6.54 Å². The summed E-state index contributed by atoms with van der Waals surface area (Å²) in [4.78, 5) is 15.0. The maximum atomic E-state index is 11.4. The molecule has 6 nitrogen and oxygen atoms in total. The lowest BCUT2D eigenvalue weighted by Crippen LogP contribution is -2.41. The molecule has 0 aromatic heterocycles. The van der Waals surface area contributed by atoms with Crippen LogP contribution in [0.2, 0.25) is 0 Å². The number of likely N-dealkylation sites (N-methyl/N-ethyl adjacent to an activating group) is 1. The van der Waals surface area contributed by atoms with Crippen LogP contribution in [0.15, 0.2) is 0 Å². The Balaban J connectivity index is 4.09. The number of amides is 1.